The zero-order valence-electron chi connectivity index (χ0n) is 11.9. The molecule has 0 bridgehead atoms. The van der Waals surface area contributed by atoms with E-state index >= 15 is 0 Å². The molecule has 1 atom stereocenters. The van der Waals surface area contributed by atoms with Crippen LogP contribution in [0.1, 0.15) is 18.1 Å². The highest BCUT2D eigenvalue weighted by Crippen LogP contribution is 2.10. The van der Waals surface area contributed by atoms with Crippen molar-refractivity contribution in [1.29, 1.82) is 0 Å². The molecule has 2 aromatic rings. The molecular formula is C17H20N2O. The SMILES string of the molecule is Cc1cccc(NC(C)C(=O)NCc2ccccc2)c1. The molecule has 0 saturated carbocycles. The van der Waals surface area contributed by atoms with Gasteiger partial charge in [-0.15, -0.1) is 0 Å². The summed E-state index contributed by atoms with van der Waals surface area (Å²) in [6.45, 7) is 4.45. The summed E-state index contributed by atoms with van der Waals surface area (Å²) >= 11 is 0. The third kappa shape index (κ3) is 4.12. The van der Waals surface area contributed by atoms with Crippen molar-refractivity contribution >= 4 is 11.6 Å². The van der Waals surface area contributed by atoms with Gasteiger partial charge in [-0.3, -0.25) is 4.79 Å². The van der Waals surface area contributed by atoms with Crippen LogP contribution in [0.5, 0.6) is 0 Å². The Labute approximate surface area is 120 Å². The molecule has 0 saturated heterocycles. The summed E-state index contributed by atoms with van der Waals surface area (Å²) in [6, 6.07) is 17.6. The maximum Gasteiger partial charge on any atom is 0.242 e. The third-order valence-corrected chi connectivity index (χ3v) is 3.10. The van der Waals surface area contributed by atoms with Gasteiger partial charge in [-0.2, -0.15) is 0 Å². The molecule has 3 heteroatoms. The lowest BCUT2D eigenvalue weighted by Crippen LogP contribution is -2.37. The molecule has 0 aliphatic heterocycles. The van der Waals surface area contributed by atoms with Crippen molar-refractivity contribution in [2.45, 2.75) is 26.4 Å². The Kier molecular flexibility index (Phi) is 4.77. The van der Waals surface area contributed by atoms with Crippen LogP contribution in [0.25, 0.3) is 0 Å². The van der Waals surface area contributed by atoms with Crippen LogP contribution in [-0.4, -0.2) is 11.9 Å². The summed E-state index contributed by atoms with van der Waals surface area (Å²) in [5.74, 6) is -0.00430. The van der Waals surface area contributed by atoms with Crippen molar-refractivity contribution < 1.29 is 4.79 Å². The van der Waals surface area contributed by atoms with Crippen molar-refractivity contribution in [3.63, 3.8) is 0 Å². The Morgan fingerprint density at radius 3 is 2.55 bits per heavy atom. The molecule has 0 aliphatic rings. The second kappa shape index (κ2) is 6.75. The summed E-state index contributed by atoms with van der Waals surface area (Å²) in [5, 5.41) is 6.14. The normalized spacial score (nSPS) is 11.7. The van der Waals surface area contributed by atoms with E-state index in [-0.39, 0.29) is 11.9 Å². The number of carbonyl (C=O) groups is 1. The molecule has 2 rings (SSSR count). The van der Waals surface area contributed by atoms with Crippen molar-refractivity contribution in [3.05, 3.63) is 65.7 Å². The first-order chi connectivity index (χ1) is 9.65. The number of amides is 1. The zero-order chi connectivity index (χ0) is 14.4. The molecule has 0 heterocycles. The predicted octanol–water partition coefficient (Wildman–Crippen LogP) is 3.11. The molecule has 0 aromatic heterocycles. The fourth-order valence-corrected chi connectivity index (χ4v) is 1.99. The summed E-state index contributed by atoms with van der Waals surface area (Å²) < 4.78 is 0. The van der Waals surface area contributed by atoms with Gasteiger partial charge < -0.3 is 10.6 Å². The second-order valence-electron chi connectivity index (χ2n) is 4.94. The molecule has 0 radical (unpaired) electrons. The minimum atomic E-state index is -0.263. The standard InChI is InChI=1S/C17H20N2O/c1-13-7-6-10-16(11-13)19-14(2)17(20)18-12-15-8-4-3-5-9-15/h3-11,14,19H,12H2,1-2H3,(H,18,20). The van der Waals surface area contributed by atoms with E-state index in [9.17, 15) is 4.79 Å². The van der Waals surface area contributed by atoms with E-state index < -0.39 is 0 Å². The molecule has 0 fully saturated rings. The predicted molar refractivity (Wildman–Crippen MR) is 82.6 cm³/mol. The summed E-state index contributed by atoms with van der Waals surface area (Å²) in [7, 11) is 0. The lowest BCUT2D eigenvalue weighted by atomic mass is 10.2. The van der Waals surface area contributed by atoms with E-state index in [2.05, 4.69) is 10.6 Å². The number of hydrogen-bond donors (Lipinski definition) is 2. The molecule has 2 N–H and O–H groups in total. The quantitative estimate of drug-likeness (QED) is 0.875. The number of hydrogen-bond acceptors (Lipinski definition) is 2. The van der Waals surface area contributed by atoms with E-state index in [1.807, 2.05) is 68.4 Å². The summed E-state index contributed by atoms with van der Waals surface area (Å²) in [5.41, 5.74) is 3.24. The molecule has 2 aromatic carbocycles. The Morgan fingerprint density at radius 1 is 1.10 bits per heavy atom. The van der Waals surface area contributed by atoms with Crippen LogP contribution < -0.4 is 10.6 Å². The van der Waals surface area contributed by atoms with Gasteiger partial charge in [-0.05, 0) is 37.1 Å². The highest BCUT2D eigenvalue weighted by Gasteiger charge is 2.11. The topological polar surface area (TPSA) is 41.1 Å². The highest BCUT2D eigenvalue weighted by molar-refractivity contribution is 5.84. The van der Waals surface area contributed by atoms with Crippen LogP contribution >= 0.6 is 0 Å². The lowest BCUT2D eigenvalue weighted by molar-refractivity contribution is -0.121. The van der Waals surface area contributed by atoms with E-state index in [0.717, 1.165) is 11.3 Å². The number of nitrogens with one attached hydrogen (secondary N) is 2. The monoisotopic (exact) mass is 268 g/mol. The second-order valence-corrected chi connectivity index (χ2v) is 4.94. The van der Waals surface area contributed by atoms with Gasteiger partial charge in [0.2, 0.25) is 5.91 Å². The smallest absolute Gasteiger partial charge is 0.242 e. The van der Waals surface area contributed by atoms with E-state index in [4.69, 9.17) is 0 Å². The summed E-state index contributed by atoms with van der Waals surface area (Å²) in [4.78, 5) is 12.0. The minimum Gasteiger partial charge on any atom is -0.374 e. The molecular weight excluding hydrogens is 248 g/mol. The van der Waals surface area contributed by atoms with E-state index in [1.54, 1.807) is 0 Å². The molecule has 3 nitrogen and oxygen atoms in total. The van der Waals surface area contributed by atoms with Crippen LogP contribution in [0, 0.1) is 6.92 Å². The maximum absolute atomic E-state index is 12.0. The van der Waals surface area contributed by atoms with Gasteiger partial charge in [0.25, 0.3) is 0 Å². The number of benzene rings is 2. The minimum absolute atomic E-state index is 0.00430. The Balaban J connectivity index is 1.86. The van der Waals surface area contributed by atoms with Crippen LogP contribution in [0.15, 0.2) is 54.6 Å². The van der Waals surface area contributed by atoms with Crippen LogP contribution in [0.3, 0.4) is 0 Å². The highest BCUT2D eigenvalue weighted by atomic mass is 16.2. The largest absolute Gasteiger partial charge is 0.374 e. The molecule has 1 amide bonds. The first-order valence-electron chi connectivity index (χ1n) is 6.80. The van der Waals surface area contributed by atoms with Gasteiger partial charge >= 0.3 is 0 Å². The van der Waals surface area contributed by atoms with Gasteiger partial charge in [-0.1, -0.05) is 42.5 Å². The van der Waals surface area contributed by atoms with Gasteiger partial charge in [0.15, 0.2) is 0 Å². The average molecular weight is 268 g/mol. The van der Waals surface area contributed by atoms with Crippen molar-refractivity contribution in [3.8, 4) is 0 Å². The van der Waals surface area contributed by atoms with Crippen LogP contribution in [0.4, 0.5) is 5.69 Å². The maximum atomic E-state index is 12.0. The first kappa shape index (κ1) is 14.1. The zero-order valence-corrected chi connectivity index (χ0v) is 11.9. The van der Waals surface area contributed by atoms with Crippen molar-refractivity contribution in [1.82, 2.24) is 5.32 Å². The van der Waals surface area contributed by atoms with Gasteiger partial charge in [-0.25, -0.2) is 0 Å². The Morgan fingerprint density at radius 2 is 1.85 bits per heavy atom. The van der Waals surface area contributed by atoms with Gasteiger partial charge in [0.05, 0.1) is 0 Å². The fraction of sp³-hybridized carbons (Fsp3) is 0.235. The molecule has 104 valence electrons. The molecule has 20 heavy (non-hydrogen) atoms. The molecule has 1 unspecified atom stereocenters. The first-order valence-corrected chi connectivity index (χ1v) is 6.80. The number of rotatable bonds is 5. The fourth-order valence-electron chi connectivity index (χ4n) is 1.99. The molecule has 0 aliphatic carbocycles. The molecule has 0 spiro atoms. The Hall–Kier alpha value is -2.29. The number of aryl methyl sites for hydroxylation is 1. The number of carbonyl (C=O) groups excluding carboxylic acids is 1. The lowest BCUT2D eigenvalue weighted by Gasteiger charge is -2.15. The van der Waals surface area contributed by atoms with Gasteiger partial charge in [0, 0.05) is 12.2 Å². The third-order valence-electron chi connectivity index (χ3n) is 3.10. The van der Waals surface area contributed by atoms with Crippen molar-refractivity contribution in [2.24, 2.45) is 0 Å². The van der Waals surface area contributed by atoms with Gasteiger partial charge in [0.1, 0.15) is 6.04 Å². The number of anilines is 1. The van der Waals surface area contributed by atoms with E-state index in [1.165, 1.54) is 5.56 Å². The summed E-state index contributed by atoms with van der Waals surface area (Å²) in [6.07, 6.45) is 0. The van der Waals surface area contributed by atoms with Crippen LogP contribution in [-0.2, 0) is 11.3 Å². The van der Waals surface area contributed by atoms with Crippen LogP contribution in [0.2, 0.25) is 0 Å². The van der Waals surface area contributed by atoms with Crippen molar-refractivity contribution in [2.75, 3.05) is 5.32 Å². The average Bonchev–Trinajstić information content (AvgIpc) is 2.46. The van der Waals surface area contributed by atoms with E-state index in [0.29, 0.717) is 6.54 Å². The Bertz CT molecular complexity index is 566.